The minimum atomic E-state index is 0.286. The summed E-state index contributed by atoms with van der Waals surface area (Å²) < 4.78 is 11.0. The van der Waals surface area contributed by atoms with Crippen molar-refractivity contribution in [1.29, 1.82) is 0 Å². The van der Waals surface area contributed by atoms with Crippen LogP contribution in [0.1, 0.15) is 11.1 Å². The van der Waals surface area contributed by atoms with E-state index in [1.165, 1.54) is 0 Å². The predicted molar refractivity (Wildman–Crippen MR) is 86.7 cm³/mol. The van der Waals surface area contributed by atoms with Crippen LogP contribution < -0.4 is 15.2 Å². The molecule has 21 heavy (non-hydrogen) atoms. The third kappa shape index (κ3) is 3.95. The Bertz CT molecular complexity index is 647. The zero-order chi connectivity index (χ0) is 15.4. The Morgan fingerprint density at radius 2 is 1.67 bits per heavy atom. The summed E-state index contributed by atoms with van der Waals surface area (Å²) in [6, 6.07) is 8.84. The lowest BCUT2D eigenvalue weighted by Gasteiger charge is -2.13. The summed E-state index contributed by atoms with van der Waals surface area (Å²) in [7, 11) is 1.60. The van der Waals surface area contributed by atoms with Crippen molar-refractivity contribution < 1.29 is 9.47 Å². The molecule has 0 spiro atoms. The van der Waals surface area contributed by atoms with Gasteiger partial charge in [-0.3, -0.25) is 0 Å². The first-order chi connectivity index (χ1) is 10.0. The van der Waals surface area contributed by atoms with E-state index in [-0.39, 0.29) is 6.61 Å². The van der Waals surface area contributed by atoms with Crippen LogP contribution in [0.2, 0.25) is 15.1 Å². The molecule has 0 unspecified atom stereocenters. The van der Waals surface area contributed by atoms with Crippen molar-refractivity contribution in [2.45, 2.75) is 13.2 Å². The Balaban J connectivity index is 2.21. The third-order valence-electron chi connectivity index (χ3n) is 2.94. The van der Waals surface area contributed by atoms with Gasteiger partial charge in [0.1, 0.15) is 18.1 Å². The van der Waals surface area contributed by atoms with Crippen LogP contribution in [0.15, 0.2) is 30.3 Å². The van der Waals surface area contributed by atoms with E-state index < -0.39 is 0 Å². The van der Waals surface area contributed by atoms with Crippen molar-refractivity contribution in [2.75, 3.05) is 7.11 Å². The molecule has 0 fully saturated rings. The first kappa shape index (κ1) is 16.2. The van der Waals surface area contributed by atoms with Crippen LogP contribution >= 0.6 is 34.8 Å². The van der Waals surface area contributed by atoms with E-state index in [9.17, 15) is 0 Å². The third-order valence-corrected chi connectivity index (χ3v) is 3.96. The highest BCUT2D eigenvalue weighted by atomic mass is 35.5. The zero-order valence-electron chi connectivity index (χ0n) is 11.3. The van der Waals surface area contributed by atoms with Gasteiger partial charge in [0.2, 0.25) is 0 Å². The Labute approximate surface area is 138 Å². The number of halogens is 3. The van der Waals surface area contributed by atoms with Crippen molar-refractivity contribution in [3.05, 3.63) is 56.5 Å². The van der Waals surface area contributed by atoms with Crippen molar-refractivity contribution in [3.63, 3.8) is 0 Å². The largest absolute Gasteiger partial charge is 0.496 e. The second kappa shape index (κ2) is 7.23. The van der Waals surface area contributed by atoms with Crippen LogP contribution in [-0.4, -0.2) is 7.11 Å². The predicted octanol–water partition coefficient (Wildman–Crippen LogP) is 4.69. The van der Waals surface area contributed by atoms with Gasteiger partial charge in [-0.1, -0.05) is 40.9 Å². The summed E-state index contributed by atoms with van der Waals surface area (Å²) in [5.41, 5.74) is 7.52. The number of benzene rings is 2. The molecule has 0 aliphatic rings. The molecule has 0 bridgehead atoms. The number of hydrogen-bond donors (Lipinski definition) is 1. The molecule has 3 nitrogen and oxygen atoms in total. The molecule has 6 heteroatoms. The summed E-state index contributed by atoms with van der Waals surface area (Å²) in [6.45, 7) is 0.735. The Hall–Kier alpha value is -1.13. The summed E-state index contributed by atoms with van der Waals surface area (Å²) in [4.78, 5) is 0. The van der Waals surface area contributed by atoms with Crippen LogP contribution in [0, 0.1) is 0 Å². The molecular formula is C15H14Cl3NO2. The summed E-state index contributed by atoms with van der Waals surface area (Å²) in [5.74, 6) is 1.19. The second-order valence-corrected chi connectivity index (χ2v) is 5.56. The van der Waals surface area contributed by atoms with Crippen molar-refractivity contribution in [1.82, 2.24) is 0 Å². The lowest BCUT2D eigenvalue weighted by atomic mass is 10.1. The SMILES string of the molecule is COc1ccc(CN)cc1COc1cc(Cl)c(Cl)cc1Cl. The average molecular weight is 347 g/mol. The van der Waals surface area contributed by atoms with Gasteiger partial charge in [0.15, 0.2) is 0 Å². The van der Waals surface area contributed by atoms with Gasteiger partial charge in [-0.2, -0.15) is 0 Å². The van der Waals surface area contributed by atoms with Crippen molar-refractivity contribution in [2.24, 2.45) is 5.73 Å². The fraction of sp³-hybridized carbons (Fsp3) is 0.200. The maximum Gasteiger partial charge on any atom is 0.139 e. The van der Waals surface area contributed by atoms with Gasteiger partial charge in [0, 0.05) is 18.2 Å². The fourth-order valence-corrected chi connectivity index (χ4v) is 2.43. The molecule has 0 saturated carbocycles. The molecule has 0 heterocycles. The lowest BCUT2D eigenvalue weighted by Crippen LogP contribution is -2.02. The maximum absolute atomic E-state index is 6.08. The van der Waals surface area contributed by atoms with Crippen molar-refractivity contribution >= 4 is 34.8 Å². The molecule has 2 aromatic carbocycles. The molecule has 0 aliphatic heterocycles. The number of rotatable bonds is 5. The van der Waals surface area contributed by atoms with Crippen LogP contribution in [0.4, 0.5) is 0 Å². The van der Waals surface area contributed by atoms with E-state index >= 15 is 0 Å². The normalized spacial score (nSPS) is 10.5. The van der Waals surface area contributed by atoms with Crippen LogP contribution in [-0.2, 0) is 13.2 Å². The summed E-state index contributed by atoms with van der Waals surface area (Å²) in [6.07, 6.45) is 0. The van der Waals surface area contributed by atoms with Crippen LogP contribution in [0.3, 0.4) is 0 Å². The van der Waals surface area contributed by atoms with E-state index in [0.717, 1.165) is 16.9 Å². The number of ether oxygens (including phenoxy) is 2. The van der Waals surface area contributed by atoms with Gasteiger partial charge >= 0.3 is 0 Å². The lowest BCUT2D eigenvalue weighted by molar-refractivity contribution is 0.296. The second-order valence-electron chi connectivity index (χ2n) is 4.34. The molecule has 2 aromatic rings. The number of hydrogen-bond acceptors (Lipinski definition) is 3. The standard InChI is InChI=1S/C15H14Cl3NO2/c1-20-14-3-2-9(7-19)4-10(14)8-21-15-6-12(17)11(16)5-13(15)18/h2-6H,7-8,19H2,1H3. The van der Waals surface area contributed by atoms with E-state index in [0.29, 0.717) is 27.4 Å². The van der Waals surface area contributed by atoms with E-state index in [1.807, 2.05) is 18.2 Å². The highest BCUT2D eigenvalue weighted by molar-refractivity contribution is 6.43. The summed E-state index contributed by atoms with van der Waals surface area (Å²) in [5, 5.41) is 1.17. The van der Waals surface area contributed by atoms with E-state index in [2.05, 4.69) is 0 Å². The molecular weight excluding hydrogens is 333 g/mol. The first-order valence-electron chi connectivity index (χ1n) is 6.18. The van der Waals surface area contributed by atoms with Gasteiger partial charge in [-0.15, -0.1) is 0 Å². The molecule has 0 saturated heterocycles. The van der Waals surface area contributed by atoms with Gasteiger partial charge in [0.25, 0.3) is 0 Å². The number of nitrogens with two attached hydrogens (primary N) is 1. The molecule has 0 radical (unpaired) electrons. The van der Waals surface area contributed by atoms with Gasteiger partial charge in [0.05, 0.1) is 22.2 Å². The van der Waals surface area contributed by atoms with Gasteiger partial charge < -0.3 is 15.2 Å². The smallest absolute Gasteiger partial charge is 0.139 e. The maximum atomic E-state index is 6.08. The Kier molecular flexibility index (Phi) is 5.59. The van der Waals surface area contributed by atoms with E-state index in [1.54, 1.807) is 19.2 Å². The Morgan fingerprint density at radius 1 is 0.952 bits per heavy atom. The molecule has 0 aliphatic carbocycles. The number of methoxy groups -OCH3 is 1. The summed E-state index contributed by atoms with van der Waals surface area (Å²) >= 11 is 17.9. The average Bonchev–Trinajstić information content (AvgIpc) is 2.49. The van der Waals surface area contributed by atoms with Crippen LogP contribution in [0.25, 0.3) is 0 Å². The topological polar surface area (TPSA) is 44.5 Å². The molecule has 0 atom stereocenters. The monoisotopic (exact) mass is 345 g/mol. The first-order valence-corrected chi connectivity index (χ1v) is 7.31. The van der Waals surface area contributed by atoms with Crippen LogP contribution in [0.5, 0.6) is 11.5 Å². The highest BCUT2D eigenvalue weighted by Crippen LogP contribution is 2.34. The quantitative estimate of drug-likeness (QED) is 0.799. The Morgan fingerprint density at radius 3 is 2.33 bits per heavy atom. The molecule has 2 rings (SSSR count). The molecule has 2 N–H and O–H groups in total. The van der Waals surface area contributed by atoms with E-state index in [4.69, 9.17) is 50.0 Å². The molecule has 112 valence electrons. The van der Waals surface area contributed by atoms with Gasteiger partial charge in [-0.05, 0) is 23.8 Å². The van der Waals surface area contributed by atoms with Crippen molar-refractivity contribution in [3.8, 4) is 11.5 Å². The highest BCUT2D eigenvalue weighted by Gasteiger charge is 2.10. The fourth-order valence-electron chi connectivity index (χ4n) is 1.84. The van der Waals surface area contributed by atoms with Gasteiger partial charge in [-0.25, -0.2) is 0 Å². The minimum Gasteiger partial charge on any atom is -0.496 e. The molecule has 0 aromatic heterocycles. The molecule has 0 amide bonds. The minimum absolute atomic E-state index is 0.286. The zero-order valence-corrected chi connectivity index (χ0v) is 13.6.